The van der Waals surface area contributed by atoms with Crippen molar-refractivity contribution < 1.29 is 28.2 Å². The number of carboxylic acid groups (broad SMARTS) is 1. The Morgan fingerprint density at radius 3 is 2.38 bits per heavy atom. The van der Waals surface area contributed by atoms with E-state index >= 15 is 0 Å². The number of ether oxygens (including phenoxy) is 1. The molecule has 0 unspecified atom stereocenters. The summed E-state index contributed by atoms with van der Waals surface area (Å²) in [6.07, 6.45) is 1.51. The van der Waals surface area contributed by atoms with Crippen molar-refractivity contribution in [3.05, 3.63) is 93.1 Å². The van der Waals surface area contributed by atoms with Gasteiger partial charge in [0, 0.05) is 35.3 Å². The third kappa shape index (κ3) is 5.72. The molecule has 1 saturated heterocycles. The Balaban J connectivity index is 1.43. The molecule has 0 atom stereocenters. The molecule has 1 aromatic heterocycles. The maximum atomic E-state index is 13.9. The van der Waals surface area contributed by atoms with Crippen LogP contribution in [0.5, 0.6) is 11.5 Å². The van der Waals surface area contributed by atoms with Crippen molar-refractivity contribution in [2.24, 2.45) is 5.92 Å². The average Bonchev–Trinajstić information content (AvgIpc) is 3.23. The minimum atomic E-state index is -1.06. The van der Waals surface area contributed by atoms with Crippen LogP contribution in [0.25, 0.3) is 10.1 Å². The highest BCUT2D eigenvalue weighted by molar-refractivity contribution is 7.21. The first-order chi connectivity index (χ1) is 18.7. The van der Waals surface area contributed by atoms with Gasteiger partial charge in [-0.3, -0.25) is 9.18 Å². The number of aromatic carboxylic acids is 1. The van der Waals surface area contributed by atoms with Crippen molar-refractivity contribution in [1.82, 2.24) is 4.90 Å². The monoisotopic (exact) mass is 549 g/mol. The number of rotatable bonds is 10. The fourth-order valence-electron chi connectivity index (χ4n) is 5.26. The second kappa shape index (κ2) is 11.2. The number of carbonyl (C=O) groups excluding carboxylic acids is 1. The number of benzene rings is 3. The van der Waals surface area contributed by atoms with E-state index in [0.717, 1.165) is 26.1 Å². The van der Waals surface area contributed by atoms with Gasteiger partial charge in [-0.2, -0.15) is 0 Å². The highest BCUT2D eigenvalue weighted by Crippen LogP contribution is 2.42. The zero-order valence-corrected chi connectivity index (χ0v) is 22.6. The van der Waals surface area contributed by atoms with Gasteiger partial charge in [0.05, 0.1) is 12.2 Å². The van der Waals surface area contributed by atoms with Gasteiger partial charge in [0.15, 0.2) is 5.75 Å². The van der Waals surface area contributed by atoms with E-state index < -0.39 is 11.8 Å². The number of carbonyl (C=O) groups is 2. The molecule has 0 aliphatic carbocycles. The molecule has 39 heavy (non-hydrogen) atoms. The first-order valence-electron chi connectivity index (χ1n) is 12.9. The molecule has 0 amide bonds. The molecule has 5 nitrogen and oxygen atoms in total. The van der Waals surface area contributed by atoms with Crippen molar-refractivity contribution in [1.29, 1.82) is 0 Å². The summed E-state index contributed by atoms with van der Waals surface area (Å²) in [6, 6.07) is 15.1. The Morgan fingerprint density at radius 2 is 1.74 bits per heavy atom. The molecule has 1 aliphatic rings. The smallest absolute Gasteiger partial charge is 0.335 e. The Kier molecular flexibility index (Phi) is 7.77. The molecule has 1 fully saturated rings. The molecule has 2 heterocycles. The third-order valence-electron chi connectivity index (χ3n) is 7.13. The van der Waals surface area contributed by atoms with Gasteiger partial charge in [0.25, 0.3) is 0 Å². The molecule has 8 heteroatoms. The van der Waals surface area contributed by atoms with Crippen LogP contribution in [-0.4, -0.2) is 48.1 Å². The van der Waals surface area contributed by atoms with Gasteiger partial charge >= 0.3 is 5.97 Å². The Bertz CT molecular complexity index is 1520. The van der Waals surface area contributed by atoms with Crippen LogP contribution in [0.1, 0.15) is 48.7 Å². The van der Waals surface area contributed by atoms with E-state index in [2.05, 4.69) is 4.90 Å². The quantitative estimate of drug-likeness (QED) is 0.212. The third-order valence-corrected chi connectivity index (χ3v) is 8.26. The van der Waals surface area contributed by atoms with Crippen LogP contribution in [0, 0.1) is 25.6 Å². The largest absolute Gasteiger partial charge is 0.478 e. The summed E-state index contributed by atoms with van der Waals surface area (Å²) < 4.78 is 33.2. The summed E-state index contributed by atoms with van der Waals surface area (Å²) in [5, 5.41) is 10.1. The van der Waals surface area contributed by atoms with Gasteiger partial charge < -0.3 is 14.7 Å². The van der Waals surface area contributed by atoms with E-state index in [1.165, 1.54) is 41.2 Å². The number of fused-ring (bicyclic) bond motifs is 1. The van der Waals surface area contributed by atoms with E-state index in [1.54, 1.807) is 19.9 Å². The number of halogens is 2. The maximum Gasteiger partial charge on any atom is 0.335 e. The molecule has 0 spiro atoms. The number of nitrogens with zero attached hydrogens (tertiary/aromatic N) is 1. The summed E-state index contributed by atoms with van der Waals surface area (Å²) in [5.74, 6) is -0.298. The van der Waals surface area contributed by atoms with Crippen molar-refractivity contribution in [3.63, 3.8) is 0 Å². The molecule has 0 saturated carbocycles. The van der Waals surface area contributed by atoms with E-state index in [-0.39, 0.29) is 18.0 Å². The highest BCUT2D eigenvalue weighted by Gasteiger charge is 2.27. The van der Waals surface area contributed by atoms with Crippen molar-refractivity contribution in [3.8, 4) is 11.5 Å². The Morgan fingerprint density at radius 1 is 1.05 bits per heavy atom. The summed E-state index contributed by atoms with van der Waals surface area (Å²) in [7, 11) is 0. The van der Waals surface area contributed by atoms with Gasteiger partial charge in [0.1, 0.15) is 16.4 Å². The second-order valence-corrected chi connectivity index (χ2v) is 11.2. The Hall–Kier alpha value is -3.62. The molecule has 5 rings (SSSR count). The predicted octanol–water partition coefficient (Wildman–Crippen LogP) is 7.21. The molecule has 1 N–H and O–H groups in total. The number of thiophene rings is 1. The number of hydrogen-bond donors (Lipinski definition) is 1. The predicted molar refractivity (Wildman–Crippen MR) is 149 cm³/mol. The average molecular weight is 550 g/mol. The molecule has 4 aromatic rings. The fraction of sp³-hybridized carbons (Fsp3) is 0.290. The normalized spacial score (nSPS) is 13.9. The van der Waals surface area contributed by atoms with Crippen molar-refractivity contribution in [2.75, 3.05) is 26.3 Å². The van der Waals surface area contributed by atoms with E-state index in [9.17, 15) is 23.5 Å². The molecule has 202 valence electrons. The number of aryl methyl sites for hydroxylation is 2. The number of hydrogen-bond acceptors (Lipinski definition) is 5. The van der Waals surface area contributed by atoms with Gasteiger partial charge in [-0.15, -0.1) is 11.3 Å². The number of alkyl halides is 1. The van der Waals surface area contributed by atoms with Crippen LogP contribution in [0.4, 0.5) is 8.78 Å². The van der Waals surface area contributed by atoms with Gasteiger partial charge in [-0.1, -0.05) is 12.1 Å². The number of ketones is 1. The topological polar surface area (TPSA) is 66.8 Å². The lowest BCUT2D eigenvalue weighted by Gasteiger charge is -2.39. The van der Waals surface area contributed by atoms with E-state index in [0.29, 0.717) is 55.5 Å². The maximum absolute atomic E-state index is 13.9. The van der Waals surface area contributed by atoms with Crippen LogP contribution < -0.4 is 4.74 Å². The number of carboxylic acids is 1. The summed E-state index contributed by atoms with van der Waals surface area (Å²) in [5.41, 5.74) is 2.74. The lowest BCUT2D eigenvalue weighted by Crippen LogP contribution is -2.47. The van der Waals surface area contributed by atoms with E-state index in [4.69, 9.17) is 4.74 Å². The minimum Gasteiger partial charge on any atom is -0.478 e. The zero-order chi connectivity index (χ0) is 27.7. The fourth-order valence-corrected chi connectivity index (χ4v) is 6.37. The molecule has 0 bridgehead atoms. The van der Waals surface area contributed by atoms with Crippen LogP contribution in [0.15, 0.2) is 54.6 Å². The molecule has 0 radical (unpaired) electrons. The van der Waals surface area contributed by atoms with Gasteiger partial charge in [0.2, 0.25) is 5.78 Å². The molecular weight excluding hydrogens is 520 g/mol. The lowest BCUT2D eigenvalue weighted by molar-refractivity contribution is 0.0697. The van der Waals surface area contributed by atoms with Crippen LogP contribution >= 0.6 is 11.3 Å². The number of likely N-dealkylation sites (tertiary alicyclic amines) is 1. The van der Waals surface area contributed by atoms with Crippen molar-refractivity contribution >= 4 is 33.2 Å². The summed E-state index contributed by atoms with van der Waals surface area (Å²) in [6.45, 7) is 5.87. The first kappa shape index (κ1) is 27.0. The summed E-state index contributed by atoms with van der Waals surface area (Å²) in [4.78, 5) is 27.9. The zero-order valence-electron chi connectivity index (χ0n) is 21.8. The minimum absolute atomic E-state index is 0.118. The molecule has 1 aliphatic heterocycles. The van der Waals surface area contributed by atoms with Crippen LogP contribution in [0.2, 0.25) is 0 Å². The van der Waals surface area contributed by atoms with Crippen LogP contribution in [-0.2, 0) is 6.42 Å². The first-order valence-corrected chi connectivity index (χ1v) is 13.7. The second-order valence-electron chi connectivity index (χ2n) is 10.1. The Labute approximate surface area is 229 Å². The van der Waals surface area contributed by atoms with Gasteiger partial charge in [-0.05, 0) is 91.8 Å². The van der Waals surface area contributed by atoms with E-state index in [1.807, 2.05) is 24.3 Å². The van der Waals surface area contributed by atoms with Crippen LogP contribution in [0.3, 0.4) is 0 Å². The van der Waals surface area contributed by atoms with Crippen molar-refractivity contribution in [2.45, 2.75) is 26.7 Å². The lowest BCUT2D eigenvalue weighted by atomic mass is 9.92. The highest BCUT2D eigenvalue weighted by atomic mass is 32.1. The van der Waals surface area contributed by atoms with Gasteiger partial charge in [-0.25, -0.2) is 9.18 Å². The summed E-state index contributed by atoms with van der Waals surface area (Å²) >= 11 is 1.17. The molecular formula is C31H29F2NO4S. The standard InChI is InChI=1S/C31H29F2NO4S/c1-18-12-23(33)13-19(2)27(18)28(35)30-29(25-9-6-22(31(36)37)15-26(25)39-30)38-24-7-4-20(5-8-24)14-21-16-34(17-21)11-3-10-32/h4-9,12-13,15,21H,3,10-11,14,16-17H2,1-2H3,(H,36,37). The SMILES string of the molecule is Cc1cc(F)cc(C)c1C(=O)c1sc2cc(C(=O)O)ccc2c1Oc1ccc(CC2CN(CCCF)C2)cc1. The molecule has 3 aromatic carbocycles.